The molecule has 0 spiro atoms. The monoisotopic (exact) mass is 369 g/mol. The number of hydrogen-bond donors (Lipinski definition) is 2. The van der Waals surface area contributed by atoms with Crippen LogP contribution in [0.5, 0.6) is 0 Å². The van der Waals surface area contributed by atoms with E-state index in [1.54, 1.807) is 0 Å². The van der Waals surface area contributed by atoms with Crippen LogP contribution in [0.2, 0.25) is 0 Å². The van der Waals surface area contributed by atoms with Gasteiger partial charge in [0.1, 0.15) is 6.10 Å². The van der Waals surface area contributed by atoms with Crippen molar-refractivity contribution in [3.05, 3.63) is 17.5 Å². The van der Waals surface area contributed by atoms with Crippen molar-refractivity contribution in [3.63, 3.8) is 0 Å². The molecule has 136 valence electrons. The lowest BCUT2D eigenvalue weighted by atomic mass is 10.2. The van der Waals surface area contributed by atoms with Gasteiger partial charge in [0, 0.05) is 12.5 Å². The van der Waals surface area contributed by atoms with Crippen molar-refractivity contribution in [2.45, 2.75) is 55.6 Å². The van der Waals surface area contributed by atoms with E-state index >= 15 is 0 Å². The zero-order chi connectivity index (χ0) is 17.6. The normalized spacial score (nSPS) is 24.0. The zero-order valence-electron chi connectivity index (χ0n) is 13.6. The van der Waals surface area contributed by atoms with Crippen LogP contribution in [0, 0.1) is 6.92 Å². The van der Waals surface area contributed by atoms with Gasteiger partial charge in [0.25, 0.3) is 5.89 Å². The van der Waals surface area contributed by atoms with Gasteiger partial charge >= 0.3 is 0 Å². The van der Waals surface area contributed by atoms with Crippen molar-refractivity contribution >= 4 is 15.8 Å². The maximum Gasteiger partial charge on any atom is 0.255 e. The average Bonchev–Trinajstić information content (AvgIpc) is 2.98. The fourth-order valence-corrected chi connectivity index (χ4v) is 4.18. The Kier molecular flexibility index (Phi) is 4.01. The van der Waals surface area contributed by atoms with Crippen LogP contribution in [0.1, 0.15) is 55.2 Å². The molecule has 0 amide bonds. The van der Waals surface area contributed by atoms with E-state index in [0.717, 1.165) is 18.7 Å². The largest absolute Gasteiger partial charge is 0.380 e. The van der Waals surface area contributed by atoms with Crippen LogP contribution >= 0.6 is 0 Å². The van der Waals surface area contributed by atoms with Gasteiger partial charge in [-0.05, 0) is 32.6 Å². The van der Waals surface area contributed by atoms with Crippen molar-refractivity contribution in [2.75, 3.05) is 12.3 Å². The summed E-state index contributed by atoms with van der Waals surface area (Å²) in [5.41, 5.74) is 5.56. The van der Waals surface area contributed by atoms with Crippen molar-refractivity contribution in [1.29, 1.82) is 0 Å². The molecule has 2 atom stereocenters. The molecule has 0 bridgehead atoms. The Balaban J connectivity index is 1.36. The van der Waals surface area contributed by atoms with Crippen LogP contribution in [-0.4, -0.2) is 36.4 Å². The smallest absolute Gasteiger partial charge is 0.255 e. The van der Waals surface area contributed by atoms with Crippen LogP contribution in [0.15, 0.2) is 13.9 Å². The lowest BCUT2D eigenvalue weighted by Crippen LogP contribution is -2.32. The number of aromatic nitrogens is 3. The van der Waals surface area contributed by atoms with Crippen molar-refractivity contribution in [3.8, 4) is 0 Å². The van der Waals surface area contributed by atoms with E-state index in [1.807, 2.05) is 0 Å². The van der Waals surface area contributed by atoms with E-state index in [9.17, 15) is 8.42 Å². The van der Waals surface area contributed by atoms with E-state index in [-0.39, 0.29) is 35.2 Å². The maximum absolute atomic E-state index is 12.3. The number of hydrogen-bond acceptors (Lipinski definition) is 9. The topological polar surface area (TPSA) is 146 Å². The summed E-state index contributed by atoms with van der Waals surface area (Å²) in [6, 6.07) is 0. The third-order valence-electron chi connectivity index (χ3n) is 4.39. The maximum atomic E-state index is 12.3. The van der Waals surface area contributed by atoms with Crippen molar-refractivity contribution < 1.29 is 22.2 Å². The number of aryl methyl sites for hydroxylation is 1. The highest BCUT2D eigenvalue weighted by Gasteiger charge is 2.35. The van der Waals surface area contributed by atoms with Gasteiger partial charge in [0.2, 0.25) is 10.0 Å². The minimum Gasteiger partial charge on any atom is -0.380 e. The number of rotatable bonds is 6. The summed E-state index contributed by atoms with van der Waals surface area (Å²) in [7, 11) is -3.81. The molecule has 11 heteroatoms. The molecule has 1 aliphatic heterocycles. The molecular weight excluding hydrogens is 350 g/mol. The van der Waals surface area contributed by atoms with Gasteiger partial charge in [-0.3, -0.25) is 0 Å². The summed E-state index contributed by atoms with van der Waals surface area (Å²) in [6.45, 7) is 1.61. The first kappa shape index (κ1) is 16.5. The highest BCUT2D eigenvalue weighted by atomic mass is 32.2. The molecule has 2 fully saturated rings. The molecule has 0 aromatic carbocycles. The fourth-order valence-electron chi connectivity index (χ4n) is 2.91. The molecule has 3 heterocycles. The predicted molar refractivity (Wildman–Crippen MR) is 84.0 cm³/mol. The molecule has 1 aliphatic carbocycles. The average molecular weight is 369 g/mol. The summed E-state index contributed by atoms with van der Waals surface area (Å²) in [4.78, 5) is 4.25. The molecule has 10 nitrogen and oxygen atoms in total. The molecule has 1 saturated heterocycles. The summed E-state index contributed by atoms with van der Waals surface area (Å²) in [6.07, 6.45) is 3.01. The van der Waals surface area contributed by atoms with Gasteiger partial charge in [0.05, 0.1) is 6.10 Å². The van der Waals surface area contributed by atoms with Crippen LogP contribution in [0.4, 0.5) is 5.82 Å². The number of nitrogens with two attached hydrogens (primary N) is 1. The summed E-state index contributed by atoms with van der Waals surface area (Å²) < 4.78 is 43.1. The van der Waals surface area contributed by atoms with Gasteiger partial charge in [-0.2, -0.15) is 4.98 Å². The number of ether oxygens (including phenoxy) is 1. The number of sulfonamides is 1. The Morgan fingerprint density at radius 2 is 2.00 bits per heavy atom. The van der Waals surface area contributed by atoms with E-state index in [1.165, 1.54) is 6.92 Å². The molecule has 2 aromatic heterocycles. The Morgan fingerprint density at radius 3 is 2.68 bits per heavy atom. The second kappa shape index (κ2) is 6.07. The number of anilines is 1. The minimum atomic E-state index is -3.81. The molecule has 3 N–H and O–H groups in total. The molecule has 2 aliphatic rings. The first-order chi connectivity index (χ1) is 11.9. The van der Waals surface area contributed by atoms with Gasteiger partial charge in [0.15, 0.2) is 22.3 Å². The number of nitrogens with one attached hydrogen (secondary N) is 1. The third-order valence-corrected chi connectivity index (χ3v) is 5.97. The highest BCUT2D eigenvalue weighted by molar-refractivity contribution is 7.89. The molecule has 0 unspecified atom stereocenters. The van der Waals surface area contributed by atoms with Gasteiger partial charge in [-0.25, -0.2) is 13.1 Å². The van der Waals surface area contributed by atoms with Gasteiger partial charge in [-0.15, -0.1) is 0 Å². The molecule has 25 heavy (non-hydrogen) atoms. The Bertz CT molecular complexity index is 853. The molecule has 2 aromatic rings. The summed E-state index contributed by atoms with van der Waals surface area (Å²) in [5, 5.41) is 7.44. The van der Waals surface area contributed by atoms with E-state index in [2.05, 4.69) is 20.0 Å². The zero-order valence-corrected chi connectivity index (χ0v) is 14.5. The van der Waals surface area contributed by atoms with Crippen LogP contribution in [0.3, 0.4) is 0 Å². The first-order valence-corrected chi connectivity index (χ1v) is 9.62. The lowest BCUT2D eigenvalue weighted by molar-refractivity contribution is 0.0290. The lowest BCUT2D eigenvalue weighted by Gasteiger charge is -2.12. The first-order valence-electron chi connectivity index (χ1n) is 8.14. The molecule has 1 saturated carbocycles. The number of nitrogen functional groups attached to an aromatic ring is 1. The van der Waals surface area contributed by atoms with E-state index in [4.69, 9.17) is 19.5 Å². The Morgan fingerprint density at radius 1 is 1.20 bits per heavy atom. The van der Waals surface area contributed by atoms with E-state index in [0.29, 0.717) is 24.7 Å². The van der Waals surface area contributed by atoms with Crippen LogP contribution in [0.25, 0.3) is 0 Å². The summed E-state index contributed by atoms with van der Waals surface area (Å²) in [5.74, 6) is 1.61. The summed E-state index contributed by atoms with van der Waals surface area (Å²) >= 11 is 0. The van der Waals surface area contributed by atoms with Gasteiger partial charge < -0.3 is 19.5 Å². The second-order valence-corrected chi connectivity index (χ2v) is 8.10. The SMILES string of the molecule is Cc1onc(N)c1S(=O)(=O)NC[C@H]1CC[C@@H](c2nc(C3CC3)no2)O1. The fraction of sp³-hybridized carbons (Fsp3) is 0.643. The Hall–Kier alpha value is -1.98. The van der Waals surface area contributed by atoms with Crippen molar-refractivity contribution in [2.24, 2.45) is 0 Å². The molecular formula is C14H19N5O5S. The highest BCUT2D eigenvalue weighted by Crippen LogP contribution is 2.39. The third kappa shape index (κ3) is 3.26. The Labute approximate surface area is 144 Å². The number of nitrogens with zero attached hydrogens (tertiary/aromatic N) is 3. The van der Waals surface area contributed by atoms with Gasteiger partial charge in [-0.1, -0.05) is 10.3 Å². The molecule has 4 rings (SSSR count). The standard InChI is InChI=1S/C14H19N5O5S/c1-7-11(12(15)18-23-7)25(20,21)16-6-9-4-5-10(22-9)14-17-13(19-24-14)8-2-3-8/h8-10,16H,2-6H2,1H3,(H2,15,18)/t9-,10+/m1/s1. The van der Waals surface area contributed by atoms with Crippen LogP contribution < -0.4 is 10.5 Å². The molecule has 0 radical (unpaired) electrons. The minimum absolute atomic E-state index is 0.118. The van der Waals surface area contributed by atoms with E-state index < -0.39 is 10.0 Å². The predicted octanol–water partition coefficient (Wildman–Crippen LogP) is 1.02. The quantitative estimate of drug-likeness (QED) is 0.761. The van der Waals surface area contributed by atoms with Crippen LogP contribution in [-0.2, 0) is 14.8 Å². The van der Waals surface area contributed by atoms with Crippen molar-refractivity contribution in [1.82, 2.24) is 20.0 Å². The second-order valence-electron chi connectivity index (χ2n) is 6.39.